The van der Waals surface area contributed by atoms with Crippen molar-refractivity contribution in [3.05, 3.63) is 0 Å². The SMILES string of the molecule is CCC(C)P(Br)C(C)(C)C. The van der Waals surface area contributed by atoms with Gasteiger partial charge in [0.05, 0.1) is 0 Å². The predicted octanol–water partition coefficient (Wildman–Crippen LogP) is 4.38. The first kappa shape index (κ1) is 10.9. The molecular weight excluding hydrogens is 207 g/mol. The molecule has 0 amide bonds. The van der Waals surface area contributed by atoms with Crippen LogP contribution in [-0.4, -0.2) is 10.8 Å². The van der Waals surface area contributed by atoms with Gasteiger partial charge in [0, 0.05) is 0 Å². The topological polar surface area (TPSA) is 0 Å². The average Bonchev–Trinajstić information content (AvgIpc) is 1.83. The van der Waals surface area contributed by atoms with Gasteiger partial charge < -0.3 is 0 Å². The Kier molecular flexibility index (Phi) is 4.44. The van der Waals surface area contributed by atoms with Gasteiger partial charge in [0.25, 0.3) is 0 Å². The van der Waals surface area contributed by atoms with Crippen LogP contribution in [0.3, 0.4) is 0 Å². The Balaban J connectivity index is 3.94. The second-order valence-corrected chi connectivity index (χ2v) is 8.88. The molecule has 0 saturated heterocycles. The summed E-state index contributed by atoms with van der Waals surface area (Å²) in [5.74, 6) is 0. The summed E-state index contributed by atoms with van der Waals surface area (Å²) in [6.07, 6.45) is 1.29. The molecule has 0 nitrogen and oxygen atoms in total. The van der Waals surface area contributed by atoms with Crippen LogP contribution in [0.2, 0.25) is 0 Å². The molecule has 0 heterocycles. The highest BCUT2D eigenvalue weighted by Crippen LogP contribution is 2.60. The first-order valence-corrected chi connectivity index (χ1v) is 7.27. The first-order chi connectivity index (χ1) is 4.39. The van der Waals surface area contributed by atoms with Crippen molar-refractivity contribution in [3.63, 3.8) is 0 Å². The Hall–Kier alpha value is 0.910. The summed E-state index contributed by atoms with van der Waals surface area (Å²) in [5.41, 5.74) is 0.843. The Labute approximate surface area is 74.3 Å². The molecule has 0 spiro atoms. The quantitative estimate of drug-likeness (QED) is 0.612. The fourth-order valence-corrected chi connectivity index (χ4v) is 3.33. The summed E-state index contributed by atoms with van der Waals surface area (Å²) in [4.78, 5) is 0. The molecule has 0 fully saturated rings. The average molecular weight is 225 g/mol. The minimum absolute atomic E-state index is 0.0296. The van der Waals surface area contributed by atoms with Crippen molar-refractivity contribution in [2.24, 2.45) is 0 Å². The summed E-state index contributed by atoms with van der Waals surface area (Å²) in [5, 5.41) is 0.463. The van der Waals surface area contributed by atoms with E-state index in [9.17, 15) is 0 Å². The molecule has 0 saturated carbocycles. The predicted molar refractivity (Wildman–Crippen MR) is 55.4 cm³/mol. The lowest BCUT2D eigenvalue weighted by Gasteiger charge is -2.30. The Bertz CT molecular complexity index is 95.9. The molecule has 2 unspecified atom stereocenters. The summed E-state index contributed by atoms with van der Waals surface area (Å²) in [6, 6.07) is 0. The maximum atomic E-state index is 3.79. The zero-order valence-corrected chi connectivity index (χ0v) is 10.1. The molecule has 0 aromatic heterocycles. The third-order valence-electron chi connectivity index (χ3n) is 1.62. The van der Waals surface area contributed by atoms with Gasteiger partial charge in [-0.2, -0.15) is 0 Å². The molecule has 2 heteroatoms. The lowest BCUT2D eigenvalue weighted by atomic mass is 10.3. The van der Waals surface area contributed by atoms with Crippen LogP contribution in [0, 0.1) is 0 Å². The van der Waals surface area contributed by atoms with Gasteiger partial charge in [-0.1, -0.05) is 50.1 Å². The molecule has 0 aliphatic heterocycles. The third-order valence-corrected chi connectivity index (χ3v) is 9.33. The van der Waals surface area contributed by atoms with E-state index in [-0.39, 0.29) is 6.62 Å². The minimum atomic E-state index is 0.0296. The van der Waals surface area contributed by atoms with Gasteiger partial charge in [0.1, 0.15) is 0 Å². The van der Waals surface area contributed by atoms with Crippen LogP contribution in [0.4, 0.5) is 0 Å². The summed E-state index contributed by atoms with van der Waals surface area (Å²) < 4.78 is 0. The van der Waals surface area contributed by atoms with E-state index in [1.807, 2.05) is 0 Å². The van der Waals surface area contributed by atoms with Crippen molar-refractivity contribution in [1.29, 1.82) is 0 Å². The van der Waals surface area contributed by atoms with E-state index in [4.69, 9.17) is 0 Å². The fourth-order valence-electron chi connectivity index (χ4n) is 0.821. The molecule has 0 aromatic rings. The Morgan fingerprint density at radius 3 is 1.90 bits per heavy atom. The summed E-state index contributed by atoms with van der Waals surface area (Å²) in [6.45, 7) is 11.5. The number of hydrogen-bond donors (Lipinski definition) is 0. The van der Waals surface area contributed by atoms with Gasteiger partial charge in [-0.15, -0.1) is 0 Å². The first-order valence-electron chi connectivity index (χ1n) is 3.84. The minimum Gasteiger partial charge on any atom is -0.0648 e. The maximum Gasteiger partial charge on any atom is -0.00789 e. The van der Waals surface area contributed by atoms with Crippen LogP contribution in [0.1, 0.15) is 41.0 Å². The normalized spacial score (nSPS) is 18.6. The van der Waals surface area contributed by atoms with E-state index >= 15 is 0 Å². The van der Waals surface area contributed by atoms with Crippen LogP contribution >= 0.6 is 22.1 Å². The highest BCUT2D eigenvalue weighted by Gasteiger charge is 2.25. The standard InChI is InChI=1S/C8H18BrP/c1-6-7(2)10(9)8(3,4)5/h7H,6H2,1-5H3. The molecule has 0 aliphatic rings. The van der Waals surface area contributed by atoms with E-state index in [1.54, 1.807) is 0 Å². The number of hydrogen-bond acceptors (Lipinski definition) is 0. The molecule has 0 aromatic carbocycles. The fraction of sp³-hybridized carbons (Fsp3) is 1.00. The van der Waals surface area contributed by atoms with Crippen LogP contribution in [0.25, 0.3) is 0 Å². The van der Waals surface area contributed by atoms with Gasteiger partial charge in [-0.05, 0) is 23.9 Å². The monoisotopic (exact) mass is 224 g/mol. The van der Waals surface area contributed by atoms with E-state index in [0.717, 1.165) is 5.66 Å². The third kappa shape index (κ3) is 3.34. The van der Waals surface area contributed by atoms with Crippen LogP contribution in [0.15, 0.2) is 0 Å². The largest absolute Gasteiger partial charge is 0.0648 e. The molecular formula is C8H18BrP. The maximum absolute atomic E-state index is 3.79. The Morgan fingerprint density at radius 1 is 1.40 bits per heavy atom. The van der Waals surface area contributed by atoms with Gasteiger partial charge in [-0.3, -0.25) is 0 Å². The molecule has 2 atom stereocenters. The van der Waals surface area contributed by atoms with Gasteiger partial charge in [0.2, 0.25) is 0 Å². The number of halogens is 1. The second kappa shape index (κ2) is 4.07. The Morgan fingerprint density at radius 2 is 1.80 bits per heavy atom. The van der Waals surface area contributed by atoms with E-state index < -0.39 is 0 Å². The molecule has 0 rings (SSSR count). The van der Waals surface area contributed by atoms with Crippen molar-refractivity contribution in [2.45, 2.75) is 51.9 Å². The van der Waals surface area contributed by atoms with E-state index in [0.29, 0.717) is 5.16 Å². The molecule has 10 heavy (non-hydrogen) atoms. The van der Waals surface area contributed by atoms with Crippen LogP contribution in [0.5, 0.6) is 0 Å². The van der Waals surface area contributed by atoms with Crippen LogP contribution < -0.4 is 0 Å². The second-order valence-electron chi connectivity index (χ2n) is 3.74. The van der Waals surface area contributed by atoms with E-state index in [1.165, 1.54) is 6.42 Å². The summed E-state index contributed by atoms with van der Waals surface area (Å²) >= 11 is 3.79. The zero-order valence-electron chi connectivity index (χ0n) is 7.61. The molecule has 0 bridgehead atoms. The number of rotatable bonds is 2. The van der Waals surface area contributed by atoms with Crippen molar-refractivity contribution in [3.8, 4) is 0 Å². The molecule has 0 radical (unpaired) electrons. The van der Waals surface area contributed by atoms with Crippen molar-refractivity contribution in [1.82, 2.24) is 0 Å². The lowest BCUT2D eigenvalue weighted by molar-refractivity contribution is 0.766. The lowest BCUT2D eigenvalue weighted by Crippen LogP contribution is -2.14. The zero-order chi connectivity index (χ0) is 8.36. The smallest absolute Gasteiger partial charge is 0.00789 e. The summed E-state index contributed by atoms with van der Waals surface area (Å²) in [7, 11) is 0. The molecule has 0 aliphatic carbocycles. The molecule has 62 valence electrons. The van der Waals surface area contributed by atoms with Crippen LogP contribution in [-0.2, 0) is 0 Å². The highest BCUT2D eigenvalue weighted by molar-refractivity contribution is 9.39. The van der Waals surface area contributed by atoms with Gasteiger partial charge in [0.15, 0.2) is 0 Å². The van der Waals surface area contributed by atoms with Crippen molar-refractivity contribution in [2.75, 3.05) is 0 Å². The van der Waals surface area contributed by atoms with Gasteiger partial charge in [-0.25, -0.2) is 0 Å². The van der Waals surface area contributed by atoms with E-state index in [2.05, 4.69) is 50.1 Å². The van der Waals surface area contributed by atoms with Crippen molar-refractivity contribution < 1.29 is 0 Å². The highest BCUT2D eigenvalue weighted by atomic mass is 79.9. The van der Waals surface area contributed by atoms with Gasteiger partial charge >= 0.3 is 0 Å². The van der Waals surface area contributed by atoms with Crippen molar-refractivity contribution >= 4 is 22.1 Å². The molecule has 0 N–H and O–H groups in total.